The standard InChI is InChI=1S/C12H20N4O/c1-4-5-16(8(2)3)11-6-9(12(14)17)10(13)7-15-11/h6-8H,4-5,13H2,1-3H3,(H2,14,17). The molecular formula is C12H20N4O. The molecule has 0 spiro atoms. The summed E-state index contributed by atoms with van der Waals surface area (Å²) in [6, 6.07) is 1.97. The number of amides is 1. The van der Waals surface area contributed by atoms with E-state index >= 15 is 0 Å². The summed E-state index contributed by atoms with van der Waals surface area (Å²) >= 11 is 0. The van der Waals surface area contributed by atoms with Crippen LogP contribution in [0.1, 0.15) is 37.6 Å². The summed E-state index contributed by atoms with van der Waals surface area (Å²) in [6.45, 7) is 7.14. The molecule has 0 bridgehead atoms. The molecular weight excluding hydrogens is 216 g/mol. The maximum atomic E-state index is 11.2. The molecule has 0 atom stereocenters. The van der Waals surface area contributed by atoms with E-state index in [0.29, 0.717) is 17.3 Å². The van der Waals surface area contributed by atoms with Crippen LogP contribution in [-0.2, 0) is 0 Å². The van der Waals surface area contributed by atoms with E-state index in [1.54, 1.807) is 6.07 Å². The molecule has 5 heteroatoms. The Balaban J connectivity index is 3.12. The molecule has 0 aliphatic carbocycles. The number of hydrogen-bond acceptors (Lipinski definition) is 4. The van der Waals surface area contributed by atoms with Crippen LogP contribution < -0.4 is 16.4 Å². The summed E-state index contributed by atoms with van der Waals surface area (Å²) in [5.74, 6) is 0.219. The Morgan fingerprint density at radius 1 is 1.53 bits per heavy atom. The third kappa shape index (κ3) is 3.09. The van der Waals surface area contributed by atoms with Crippen LogP contribution in [0.2, 0.25) is 0 Å². The van der Waals surface area contributed by atoms with Crippen LogP contribution >= 0.6 is 0 Å². The molecule has 94 valence electrons. The SMILES string of the molecule is CCCN(c1cc(C(N)=O)c(N)cn1)C(C)C. The van der Waals surface area contributed by atoms with Gasteiger partial charge in [0.25, 0.3) is 5.91 Å². The van der Waals surface area contributed by atoms with E-state index in [2.05, 4.69) is 30.7 Å². The molecule has 0 aromatic carbocycles. The Labute approximate surface area is 102 Å². The van der Waals surface area contributed by atoms with Crippen molar-refractivity contribution in [1.82, 2.24) is 4.98 Å². The van der Waals surface area contributed by atoms with E-state index in [1.807, 2.05) is 0 Å². The second-order valence-electron chi connectivity index (χ2n) is 4.28. The number of pyridine rings is 1. The van der Waals surface area contributed by atoms with Crippen molar-refractivity contribution in [2.45, 2.75) is 33.2 Å². The maximum absolute atomic E-state index is 11.2. The molecule has 4 N–H and O–H groups in total. The molecule has 1 aromatic rings. The smallest absolute Gasteiger partial charge is 0.250 e. The third-order valence-corrected chi connectivity index (χ3v) is 2.57. The highest BCUT2D eigenvalue weighted by atomic mass is 16.1. The third-order valence-electron chi connectivity index (χ3n) is 2.57. The minimum absolute atomic E-state index is 0.312. The lowest BCUT2D eigenvalue weighted by atomic mass is 10.2. The first-order valence-corrected chi connectivity index (χ1v) is 5.79. The number of rotatable bonds is 5. The topological polar surface area (TPSA) is 85.2 Å². The molecule has 1 heterocycles. The molecule has 0 saturated carbocycles. The molecule has 0 fully saturated rings. The number of nitrogen functional groups attached to an aromatic ring is 1. The normalized spacial score (nSPS) is 10.6. The Morgan fingerprint density at radius 3 is 2.65 bits per heavy atom. The van der Waals surface area contributed by atoms with Crippen LogP contribution in [0.4, 0.5) is 11.5 Å². The van der Waals surface area contributed by atoms with E-state index in [-0.39, 0.29) is 0 Å². The highest BCUT2D eigenvalue weighted by Crippen LogP contribution is 2.19. The minimum Gasteiger partial charge on any atom is -0.397 e. The maximum Gasteiger partial charge on any atom is 0.250 e. The fourth-order valence-electron chi connectivity index (χ4n) is 1.70. The Kier molecular flexibility index (Phi) is 4.31. The molecule has 0 aliphatic heterocycles. The van der Waals surface area contributed by atoms with Crippen molar-refractivity contribution in [3.63, 3.8) is 0 Å². The zero-order valence-corrected chi connectivity index (χ0v) is 10.6. The van der Waals surface area contributed by atoms with Crippen molar-refractivity contribution < 1.29 is 4.79 Å². The highest BCUT2D eigenvalue weighted by molar-refractivity contribution is 5.98. The Hall–Kier alpha value is -1.78. The number of anilines is 2. The Bertz CT molecular complexity index is 403. The van der Waals surface area contributed by atoms with Crippen LogP contribution in [0.15, 0.2) is 12.3 Å². The zero-order valence-electron chi connectivity index (χ0n) is 10.6. The second kappa shape index (κ2) is 5.52. The molecule has 17 heavy (non-hydrogen) atoms. The van der Waals surface area contributed by atoms with E-state index in [4.69, 9.17) is 11.5 Å². The highest BCUT2D eigenvalue weighted by Gasteiger charge is 2.14. The summed E-state index contributed by atoms with van der Waals surface area (Å²) in [4.78, 5) is 17.6. The van der Waals surface area contributed by atoms with Gasteiger partial charge in [-0.1, -0.05) is 6.92 Å². The lowest BCUT2D eigenvalue weighted by Gasteiger charge is -2.27. The van der Waals surface area contributed by atoms with E-state index in [1.165, 1.54) is 6.20 Å². The van der Waals surface area contributed by atoms with Gasteiger partial charge in [0.15, 0.2) is 0 Å². The molecule has 0 radical (unpaired) electrons. The summed E-state index contributed by atoms with van der Waals surface area (Å²) < 4.78 is 0. The predicted octanol–water partition coefficient (Wildman–Crippen LogP) is 1.39. The average molecular weight is 236 g/mol. The van der Waals surface area contributed by atoms with Gasteiger partial charge in [-0.05, 0) is 26.3 Å². The number of nitrogens with zero attached hydrogens (tertiary/aromatic N) is 2. The number of carbonyl (C=O) groups excluding carboxylic acids is 1. The quantitative estimate of drug-likeness (QED) is 0.809. The first-order chi connectivity index (χ1) is 7.97. The van der Waals surface area contributed by atoms with Crippen LogP contribution in [0.25, 0.3) is 0 Å². The molecule has 0 aliphatic rings. The summed E-state index contributed by atoms with van der Waals surface area (Å²) in [5, 5.41) is 0. The molecule has 0 unspecified atom stereocenters. The number of nitrogens with two attached hydrogens (primary N) is 2. The van der Waals surface area contributed by atoms with Crippen LogP contribution in [0.3, 0.4) is 0 Å². The zero-order chi connectivity index (χ0) is 13.0. The monoisotopic (exact) mass is 236 g/mol. The summed E-state index contributed by atoms with van der Waals surface area (Å²) in [5.41, 5.74) is 11.6. The molecule has 0 saturated heterocycles. The van der Waals surface area contributed by atoms with Crippen molar-refractivity contribution in [2.75, 3.05) is 17.2 Å². The van der Waals surface area contributed by atoms with Gasteiger partial charge in [0.2, 0.25) is 0 Å². The van der Waals surface area contributed by atoms with Crippen LogP contribution in [0.5, 0.6) is 0 Å². The van der Waals surface area contributed by atoms with E-state index in [0.717, 1.165) is 18.8 Å². The van der Waals surface area contributed by atoms with Crippen LogP contribution in [0, 0.1) is 0 Å². The van der Waals surface area contributed by atoms with Gasteiger partial charge in [0.05, 0.1) is 17.4 Å². The summed E-state index contributed by atoms with van der Waals surface area (Å²) in [7, 11) is 0. The van der Waals surface area contributed by atoms with Gasteiger partial charge in [0, 0.05) is 12.6 Å². The average Bonchev–Trinajstić information content (AvgIpc) is 2.26. The molecule has 1 rings (SSSR count). The molecule has 5 nitrogen and oxygen atoms in total. The number of primary amides is 1. The van der Waals surface area contributed by atoms with E-state index < -0.39 is 5.91 Å². The molecule has 1 aromatic heterocycles. The van der Waals surface area contributed by atoms with E-state index in [9.17, 15) is 4.79 Å². The first-order valence-electron chi connectivity index (χ1n) is 5.79. The van der Waals surface area contributed by atoms with Crippen molar-refractivity contribution in [3.8, 4) is 0 Å². The van der Waals surface area contributed by atoms with Gasteiger partial charge in [-0.15, -0.1) is 0 Å². The minimum atomic E-state index is -0.522. The predicted molar refractivity (Wildman–Crippen MR) is 69.9 cm³/mol. The fourth-order valence-corrected chi connectivity index (χ4v) is 1.70. The lowest BCUT2D eigenvalue weighted by Crippen LogP contribution is -2.32. The number of aromatic nitrogens is 1. The van der Waals surface area contributed by atoms with Gasteiger partial charge >= 0.3 is 0 Å². The van der Waals surface area contributed by atoms with Crippen molar-refractivity contribution in [3.05, 3.63) is 17.8 Å². The number of hydrogen-bond donors (Lipinski definition) is 2. The fraction of sp³-hybridized carbons (Fsp3) is 0.500. The number of carbonyl (C=O) groups is 1. The van der Waals surface area contributed by atoms with Crippen molar-refractivity contribution in [1.29, 1.82) is 0 Å². The Morgan fingerprint density at radius 2 is 2.18 bits per heavy atom. The first kappa shape index (κ1) is 13.3. The van der Waals surface area contributed by atoms with Crippen molar-refractivity contribution >= 4 is 17.4 Å². The van der Waals surface area contributed by atoms with Crippen molar-refractivity contribution in [2.24, 2.45) is 5.73 Å². The van der Waals surface area contributed by atoms with Gasteiger partial charge in [-0.25, -0.2) is 4.98 Å². The summed E-state index contributed by atoms with van der Waals surface area (Å²) in [6.07, 6.45) is 2.50. The van der Waals surface area contributed by atoms with Gasteiger partial charge < -0.3 is 16.4 Å². The van der Waals surface area contributed by atoms with Gasteiger partial charge in [-0.3, -0.25) is 4.79 Å². The molecule has 1 amide bonds. The second-order valence-corrected chi connectivity index (χ2v) is 4.28. The van der Waals surface area contributed by atoms with Gasteiger partial charge in [0.1, 0.15) is 5.82 Å². The largest absolute Gasteiger partial charge is 0.397 e. The van der Waals surface area contributed by atoms with Gasteiger partial charge in [-0.2, -0.15) is 0 Å². The lowest BCUT2D eigenvalue weighted by molar-refractivity contribution is 0.100. The van der Waals surface area contributed by atoms with Crippen LogP contribution in [-0.4, -0.2) is 23.5 Å².